The lowest BCUT2D eigenvalue weighted by atomic mass is 9.80. The van der Waals surface area contributed by atoms with Crippen molar-refractivity contribution in [2.24, 2.45) is 5.92 Å². The second-order valence-electron chi connectivity index (χ2n) is 7.38. The fraction of sp³-hybridized carbons (Fsp3) is 0.238. The Morgan fingerprint density at radius 3 is 2.72 bits per heavy atom. The molecule has 0 unspecified atom stereocenters. The number of aliphatic hydroxyl groups is 1. The van der Waals surface area contributed by atoms with Gasteiger partial charge in [-0.3, -0.25) is 0 Å². The van der Waals surface area contributed by atoms with Crippen LogP contribution in [0.1, 0.15) is 24.5 Å². The Morgan fingerprint density at radius 2 is 2.06 bits per heavy atom. The number of nitrogens with zero attached hydrogens (tertiary/aromatic N) is 8. The van der Waals surface area contributed by atoms with Crippen molar-refractivity contribution >= 4 is 6.08 Å². The monoisotopic (exact) mass is 438 g/mol. The van der Waals surface area contributed by atoms with Gasteiger partial charge in [-0.25, -0.2) is 23.4 Å². The molecule has 1 N–H and O–H groups in total. The van der Waals surface area contributed by atoms with Crippen LogP contribution in [0.5, 0.6) is 0 Å². The molecule has 164 valence electrons. The number of allylic oxidation sites excluding steroid dienone is 1. The van der Waals surface area contributed by atoms with E-state index in [-0.39, 0.29) is 12.1 Å². The first-order chi connectivity index (χ1) is 15.5. The average molecular weight is 438 g/mol. The van der Waals surface area contributed by atoms with Gasteiger partial charge in [0.05, 0.1) is 6.54 Å². The van der Waals surface area contributed by atoms with E-state index in [0.29, 0.717) is 12.2 Å². The molecule has 0 spiro atoms. The summed E-state index contributed by atoms with van der Waals surface area (Å²) in [6.07, 6.45) is 10.0. The van der Waals surface area contributed by atoms with Crippen molar-refractivity contribution < 1.29 is 13.9 Å². The molecular weight excluding hydrogens is 418 g/mol. The van der Waals surface area contributed by atoms with Crippen molar-refractivity contribution in [2.45, 2.75) is 25.5 Å². The van der Waals surface area contributed by atoms with E-state index in [1.807, 2.05) is 18.2 Å². The molecule has 1 aromatic carbocycles. The molecular formula is C21H20F2N8O. The topological polar surface area (TPSA) is 107 Å². The lowest BCUT2D eigenvalue weighted by molar-refractivity contribution is -0.0379. The van der Waals surface area contributed by atoms with E-state index in [2.05, 4.69) is 30.6 Å². The molecule has 4 aromatic rings. The molecule has 0 amide bonds. The van der Waals surface area contributed by atoms with E-state index in [1.54, 1.807) is 19.2 Å². The van der Waals surface area contributed by atoms with Crippen molar-refractivity contribution in [3.05, 3.63) is 84.3 Å². The van der Waals surface area contributed by atoms with Gasteiger partial charge in [0.1, 0.15) is 36.2 Å². The molecule has 0 aliphatic carbocycles. The zero-order valence-electron chi connectivity index (χ0n) is 17.1. The Kier molecular flexibility index (Phi) is 6.08. The Morgan fingerprint density at radius 1 is 1.19 bits per heavy atom. The maximum atomic E-state index is 14.6. The van der Waals surface area contributed by atoms with Gasteiger partial charge in [0.25, 0.3) is 0 Å². The van der Waals surface area contributed by atoms with Crippen LogP contribution in [0.15, 0.2) is 61.6 Å². The molecule has 0 fully saturated rings. The van der Waals surface area contributed by atoms with Gasteiger partial charge in [-0.1, -0.05) is 25.1 Å². The zero-order valence-corrected chi connectivity index (χ0v) is 17.1. The molecule has 2 atom stereocenters. The molecule has 0 saturated carbocycles. The molecule has 3 heterocycles. The first-order valence-corrected chi connectivity index (χ1v) is 9.82. The summed E-state index contributed by atoms with van der Waals surface area (Å²) in [6.45, 7) is 1.76. The fourth-order valence-corrected chi connectivity index (χ4v) is 3.41. The van der Waals surface area contributed by atoms with E-state index in [9.17, 15) is 13.9 Å². The standard InChI is InChI=1S/C21H20F2N8O/c1-15(3-2-4-16-5-8-20(25-10-16)31-14-26-28-29-31)21(32,11-30-13-24-12-27-30)18-7-6-17(22)9-19(18)23/h2,4-10,12-15,32H,3,11H2,1H3/b4-2+/t15-,21+/m0/s1. The number of rotatable bonds is 8. The largest absolute Gasteiger partial charge is 0.383 e. The van der Waals surface area contributed by atoms with E-state index in [4.69, 9.17) is 0 Å². The Bertz CT molecular complexity index is 1180. The number of pyridine rings is 1. The summed E-state index contributed by atoms with van der Waals surface area (Å²) >= 11 is 0. The predicted octanol–water partition coefficient (Wildman–Crippen LogP) is 2.55. The maximum absolute atomic E-state index is 14.6. The van der Waals surface area contributed by atoms with E-state index < -0.39 is 23.2 Å². The van der Waals surface area contributed by atoms with Crippen LogP contribution >= 0.6 is 0 Å². The van der Waals surface area contributed by atoms with Gasteiger partial charge in [0, 0.05) is 17.8 Å². The molecule has 3 aromatic heterocycles. The molecule has 0 bridgehead atoms. The van der Waals surface area contributed by atoms with Crippen molar-refractivity contribution in [1.82, 2.24) is 40.0 Å². The Balaban J connectivity index is 1.52. The lowest BCUT2D eigenvalue weighted by Crippen LogP contribution is -2.39. The van der Waals surface area contributed by atoms with Crippen LogP contribution in [-0.2, 0) is 12.1 Å². The minimum Gasteiger partial charge on any atom is -0.383 e. The minimum atomic E-state index is -1.64. The van der Waals surface area contributed by atoms with Crippen molar-refractivity contribution in [2.75, 3.05) is 0 Å². The SMILES string of the molecule is C[C@@H](C/C=C/c1ccc(-n2cnnn2)nc1)[C@](O)(Cn1cncn1)c1ccc(F)cc1F. The summed E-state index contributed by atoms with van der Waals surface area (Å²) in [5.41, 5.74) is -0.803. The van der Waals surface area contributed by atoms with Crippen LogP contribution in [0.3, 0.4) is 0 Å². The van der Waals surface area contributed by atoms with Crippen LogP contribution in [0.4, 0.5) is 8.78 Å². The van der Waals surface area contributed by atoms with Crippen LogP contribution < -0.4 is 0 Å². The summed E-state index contributed by atoms with van der Waals surface area (Å²) < 4.78 is 30.9. The van der Waals surface area contributed by atoms with Gasteiger partial charge in [-0.2, -0.15) is 9.78 Å². The van der Waals surface area contributed by atoms with Crippen LogP contribution in [-0.4, -0.2) is 45.1 Å². The van der Waals surface area contributed by atoms with Gasteiger partial charge < -0.3 is 5.11 Å². The highest BCUT2D eigenvalue weighted by Crippen LogP contribution is 2.35. The van der Waals surface area contributed by atoms with Crippen LogP contribution in [0.25, 0.3) is 11.9 Å². The number of halogens is 2. The Hall–Kier alpha value is -3.86. The molecule has 0 aliphatic heterocycles. The summed E-state index contributed by atoms with van der Waals surface area (Å²) in [6, 6.07) is 6.79. The highest BCUT2D eigenvalue weighted by atomic mass is 19.1. The van der Waals surface area contributed by atoms with Gasteiger partial charge in [-0.05, 0) is 46.5 Å². The molecule has 0 radical (unpaired) electrons. The van der Waals surface area contributed by atoms with E-state index in [1.165, 1.54) is 34.4 Å². The molecule has 11 heteroatoms. The summed E-state index contributed by atoms with van der Waals surface area (Å²) in [7, 11) is 0. The number of hydrogen-bond donors (Lipinski definition) is 1. The van der Waals surface area contributed by atoms with E-state index >= 15 is 0 Å². The lowest BCUT2D eigenvalue weighted by Gasteiger charge is -2.34. The predicted molar refractivity (Wildman–Crippen MR) is 110 cm³/mol. The molecule has 0 aliphatic rings. The molecule has 9 nitrogen and oxygen atoms in total. The van der Waals surface area contributed by atoms with Crippen molar-refractivity contribution in [3.8, 4) is 5.82 Å². The maximum Gasteiger partial charge on any atom is 0.156 e. The number of tetrazole rings is 1. The highest BCUT2D eigenvalue weighted by molar-refractivity contribution is 5.48. The van der Waals surface area contributed by atoms with Gasteiger partial charge in [0.15, 0.2) is 5.82 Å². The molecule has 4 rings (SSSR count). The van der Waals surface area contributed by atoms with Gasteiger partial charge in [0.2, 0.25) is 0 Å². The number of hydrogen-bond acceptors (Lipinski definition) is 7. The third-order valence-corrected chi connectivity index (χ3v) is 5.24. The second kappa shape index (κ2) is 9.10. The van der Waals surface area contributed by atoms with E-state index in [0.717, 1.165) is 17.7 Å². The third kappa shape index (κ3) is 4.57. The molecule has 32 heavy (non-hydrogen) atoms. The zero-order chi connectivity index (χ0) is 22.6. The smallest absolute Gasteiger partial charge is 0.156 e. The quantitative estimate of drug-likeness (QED) is 0.450. The normalized spacial score (nSPS) is 14.5. The van der Waals surface area contributed by atoms with Crippen molar-refractivity contribution in [3.63, 3.8) is 0 Å². The third-order valence-electron chi connectivity index (χ3n) is 5.24. The van der Waals surface area contributed by atoms with Crippen molar-refractivity contribution in [1.29, 1.82) is 0 Å². The van der Waals surface area contributed by atoms with Gasteiger partial charge >= 0.3 is 0 Å². The Labute approximate surface area is 182 Å². The summed E-state index contributed by atoms with van der Waals surface area (Å²) in [5, 5.41) is 26.5. The average Bonchev–Trinajstić information content (AvgIpc) is 3.48. The minimum absolute atomic E-state index is 0.00256. The van der Waals surface area contributed by atoms with Crippen LogP contribution in [0, 0.1) is 17.6 Å². The number of benzene rings is 1. The van der Waals surface area contributed by atoms with Crippen LogP contribution in [0.2, 0.25) is 0 Å². The summed E-state index contributed by atoms with van der Waals surface area (Å²) in [5.74, 6) is -1.38. The van der Waals surface area contributed by atoms with Gasteiger partial charge in [-0.15, -0.1) is 5.10 Å². The number of aromatic nitrogens is 8. The first-order valence-electron chi connectivity index (χ1n) is 9.82. The second-order valence-corrected chi connectivity index (χ2v) is 7.38. The fourth-order valence-electron chi connectivity index (χ4n) is 3.41. The molecule has 0 saturated heterocycles. The summed E-state index contributed by atoms with van der Waals surface area (Å²) in [4.78, 5) is 8.18. The highest BCUT2D eigenvalue weighted by Gasteiger charge is 2.38. The first kappa shape index (κ1) is 21.4.